The van der Waals surface area contributed by atoms with Gasteiger partial charge in [0.05, 0.1) is 0 Å². The van der Waals surface area contributed by atoms with Crippen molar-refractivity contribution in [2.24, 2.45) is 5.73 Å². The summed E-state index contributed by atoms with van der Waals surface area (Å²) in [6.07, 6.45) is 7.45. The van der Waals surface area contributed by atoms with Crippen molar-refractivity contribution in [3.8, 4) is 0 Å². The van der Waals surface area contributed by atoms with Gasteiger partial charge in [0.15, 0.2) is 0 Å². The van der Waals surface area contributed by atoms with Crippen LogP contribution in [0, 0.1) is 0 Å². The zero-order chi connectivity index (χ0) is 16.0. The van der Waals surface area contributed by atoms with E-state index in [4.69, 9.17) is 19.0 Å². The second kappa shape index (κ2) is 13.7. The molecule has 0 rings (SSSR count). The molecule has 0 saturated heterocycles. The second-order valence-electron chi connectivity index (χ2n) is 5.81. The summed E-state index contributed by atoms with van der Waals surface area (Å²) in [5, 5.41) is 0. The van der Waals surface area contributed by atoms with E-state index in [1.807, 2.05) is 6.92 Å². The molecule has 1 unspecified atom stereocenters. The number of hydrogen-bond donors (Lipinski definition) is 1. The van der Waals surface area contributed by atoms with Gasteiger partial charge in [0.1, 0.15) is 0 Å². The first-order chi connectivity index (χ1) is 10.1. The van der Waals surface area contributed by atoms with Crippen molar-refractivity contribution in [3.05, 3.63) is 0 Å². The van der Waals surface area contributed by atoms with Gasteiger partial charge < -0.3 is 19.0 Å². The van der Waals surface area contributed by atoms with E-state index in [0.29, 0.717) is 0 Å². The van der Waals surface area contributed by atoms with Crippen LogP contribution in [-0.2, 0) is 13.3 Å². The Kier molecular flexibility index (Phi) is 13.7. The molecule has 0 aromatic heterocycles. The van der Waals surface area contributed by atoms with Crippen LogP contribution in [-0.4, -0.2) is 34.7 Å². The van der Waals surface area contributed by atoms with Crippen LogP contribution < -0.4 is 5.73 Å². The molecule has 0 aliphatic carbocycles. The van der Waals surface area contributed by atoms with Crippen LogP contribution >= 0.6 is 0 Å². The quantitative estimate of drug-likeness (QED) is 0.364. The predicted octanol–water partition coefficient (Wildman–Crippen LogP) is 4.11. The lowest BCUT2D eigenvalue weighted by atomic mass is 10.3. The second-order valence-corrected chi connectivity index (χ2v) is 8.54. The van der Waals surface area contributed by atoms with E-state index in [0.717, 1.165) is 70.8 Å². The largest absolute Gasteiger partial charge is 0.501 e. The van der Waals surface area contributed by atoms with E-state index >= 15 is 0 Å². The maximum atomic E-state index is 6.15. The predicted molar refractivity (Wildman–Crippen MR) is 91.4 cm³/mol. The highest BCUT2D eigenvalue weighted by Crippen LogP contribution is 2.21. The normalized spacial score (nSPS) is 13.6. The Balaban J connectivity index is 4.60. The fraction of sp³-hybridized carbons (Fsp3) is 1.00. The van der Waals surface area contributed by atoms with Gasteiger partial charge in [-0.15, -0.1) is 0 Å². The average Bonchev–Trinajstić information content (AvgIpc) is 2.46. The first-order valence-electron chi connectivity index (χ1n) is 8.77. The number of nitrogens with two attached hydrogens (primary N) is 1. The van der Waals surface area contributed by atoms with Crippen LogP contribution in [0.15, 0.2) is 0 Å². The molecule has 0 aromatic rings. The highest BCUT2D eigenvalue weighted by molar-refractivity contribution is 6.60. The van der Waals surface area contributed by atoms with Crippen molar-refractivity contribution in [2.45, 2.75) is 84.7 Å². The summed E-state index contributed by atoms with van der Waals surface area (Å²) in [5.74, 6) is 0. The highest BCUT2D eigenvalue weighted by atomic mass is 28.4. The van der Waals surface area contributed by atoms with Gasteiger partial charge in [0.2, 0.25) is 0 Å². The van der Waals surface area contributed by atoms with Gasteiger partial charge in [0, 0.05) is 31.9 Å². The Labute approximate surface area is 133 Å². The first kappa shape index (κ1) is 21.1. The first-order valence-corrected chi connectivity index (χ1v) is 10.7. The number of hydrogen-bond acceptors (Lipinski definition) is 4. The molecule has 1 atom stereocenters. The topological polar surface area (TPSA) is 53.7 Å². The lowest BCUT2D eigenvalue weighted by Crippen LogP contribution is -2.47. The minimum atomic E-state index is -2.55. The monoisotopic (exact) mass is 319 g/mol. The molecule has 0 spiro atoms. The lowest BCUT2D eigenvalue weighted by molar-refractivity contribution is 0.0555. The molecular weight excluding hydrogens is 282 g/mol. The molecule has 0 aliphatic heterocycles. The summed E-state index contributed by atoms with van der Waals surface area (Å²) in [4.78, 5) is 0. The van der Waals surface area contributed by atoms with Crippen molar-refractivity contribution >= 4 is 8.80 Å². The van der Waals surface area contributed by atoms with E-state index in [1.54, 1.807) is 0 Å². The maximum absolute atomic E-state index is 6.15. The molecule has 5 heteroatoms. The Morgan fingerprint density at radius 3 is 1.48 bits per heavy atom. The molecule has 128 valence electrons. The van der Waals surface area contributed by atoms with Crippen molar-refractivity contribution < 1.29 is 13.3 Å². The zero-order valence-corrected chi connectivity index (χ0v) is 15.7. The Morgan fingerprint density at radius 1 is 0.810 bits per heavy atom. The smallest absolute Gasteiger partial charge is 0.373 e. The van der Waals surface area contributed by atoms with Crippen LogP contribution in [0.3, 0.4) is 0 Å². The molecule has 2 N–H and O–H groups in total. The van der Waals surface area contributed by atoms with Crippen LogP contribution in [0.4, 0.5) is 0 Å². The van der Waals surface area contributed by atoms with Gasteiger partial charge in [-0.05, 0) is 32.6 Å². The van der Waals surface area contributed by atoms with E-state index in [1.165, 1.54) is 0 Å². The maximum Gasteiger partial charge on any atom is 0.501 e. The summed E-state index contributed by atoms with van der Waals surface area (Å²) in [6, 6.07) is 0.998. The van der Waals surface area contributed by atoms with Gasteiger partial charge in [-0.2, -0.15) is 0 Å². The van der Waals surface area contributed by atoms with Gasteiger partial charge in [0.25, 0.3) is 0 Å². The number of rotatable bonds is 15. The number of unbranched alkanes of at least 4 members (excludes halogenated alkanes) is 3. The van der Waals surface area contributed by atoms with E-state index in [-0.39, 0.29) is 6.04 Å². The molecule has 21 heavy (non-hydrogen) atoms. The molecule has 0 bridgehead atoms. The standard InChI is InChI=1S/C16H37NO3Si/c1-5-8-12-18-21(15-11-16(4)17,19-13-9-6-2)20-14-10-7-3/h16H,5-15,17H2,1-4H3. The molecule has 0 aromatic carbocycles. The molecule has 0 heterocycles. The summed E-state index contributed by atoms with van der Waals surface area (Å²) in [7, 11) is -2.55. The van der Waals surface area contributed by atoms with E-state index in [2.05, 4.69) is 20.8 Å². The molecule has 0 saturated carbocycles. The zero-order valence-electron chi connectivity index (χ0n) is 14.7. The summed E-state index contributed by atoms with van der Waals surface area (Å²) in [6.45, 7) is 10.8. The van der Waals surface area contributed by atoms with Gasteiger partial charge in [-0.3, -0.25) is 0 Å². The minimum Gasteiger partial charge on any atom is -0.373 e. The third-order valence-corrected chi connectivity index (χ3v) is 6.20. The molecule has 4 nitrogen and oxygen atoms in total. The van der Waals surface area contributed by atoms with E-state index in [9.17, 15) is 0 Å². The van der Waals surface area contributed by atoms with Crippen LogP contribution in [0.5, 0.6) is 0 Å². The summed E-state index contributed by atoms with van der Waals surface area (Å²) < 4.78 is 18.5. The van der Waals surface area contributed by atoms with Crippen molar-refractivity contribution in [1.29, 1.82) is 0 Å². The summed E-state index contributed by atoms with van der Waals surface area (Å²) >= 11 is 0. The van der Waals surface area contributed by atoms with Crippen LogP contribution in [0.2, 0.25) is 6.04 Å². The lowest BCUT2D eigenvalue weighted by Gasteiger charge is -2.30. The molecule has 0 aliphatic rings. The van der Waals surface area contributed by atoms with E-state index < -0.39 is 8.80 Å². The third kappa shape index (κ3) is 11.3. The van der Waals surface area contributed by atoms with Crippen LogP contribution in [0.25, 0.3) is 0 Å². The highest BCUT2D eigenvalue weighted by Gasteiger charge is 2.40. The van der Waals surface area contributed by atoms with Crippen molar-refractivity contribution in [2.75, 3.05) is 19.8 Å². The Bertz CT molecular complexity index is 201. The average molecular weight is 320 g/mol. The summed E-state index contributed by atoms with van der Waals surface area (Å²) in [5.41, 5.74) is 5.92. The Morgan fingerprint density at radius 2 is 1.19 bits per heavy atom. The SMILES string of the molecule is CCCCO[Si](CCC(C)N)(OCCCC)OCCCC. The molecule has 0 radical (unpaired) electrons. The van der Waals surface area contributed by atoms with Crippen molar-refractivity contribution in [3.63, 3.8) is 0 Å². The molecule has 0 fully saturated rings. The molecule has 0 amide bonds. The van der Waals surface area contributed by atoms with Crippen LogP contribution in [0.1, 0.15) is 72.6 Å². The third-order valence-electron chi connectivity index (χ3n) is 3.37. The Hall–Kier alpha value is 0.0569. The van der Waals surface area contributed by atoms with Gasteiger partial charge in [-0.25, -0.2) is 0 Å². The fourth-order valence-corrected chi connectivity index (χ4v) is 4.72. The fourth-order valence-electron chi connectivity index (χ4n) is 1.86. The molecular formula is C16H37NO3Si. The van der Waals surface area contributed by atoms with Crippen molar-refractivity contribution in [1.82, 2.24) is 0 Å². The van der Waals surface area contributed by atoms with Gasteiger partial charge in [-0.1, -0.05) is 40.0 Å². The minimum absolute atomic E-state index is 0.163. The van der Waals surface area contributed by atoms with Gasteiger partial charge >= 0.3 is 8.80 Å².